The molecular formula is C21H17N3O4. The Morgan fingerprint density at radius 3 is 2.89 bits per heavy atom. The van der Waals surface area contributed by atoms with Gasteiger partial charge in [-0.05, 0) is 47.9 Å². The van der Waals surface area contributed by atoms with E-state index in [2.05, 4.69) is 15.4 Å². The molecule has 3 N–H and O–H groups in total. The molecule has 3 heterocycles. The van der Waals surface area contributed by atoms with Gasteiger partial charge in [-0.1, -0.05) is 18.2 Å². The number of fused-ring (bicyclic) bond motifs is 1. The molecule has 3 aromatic rings. The molecule has 0 radical (unpaired) electrons. The number of rotatable bonds is 5. The molecule has 0 saturated carbocycles. The Kier molecular flexibility index (Phi) is 4.50. The van der Waals surface area contributed by atoms with Gasteiger partial charge in [0.15, 0.2) is 5.78 Å². The Balaban J connectivity index is 1.81. The van der Waals surface area contributed by atoms with E-state index in [9.17, 15) is 9.59 Å². The third-order valence-corrected chi connectivity index (χ3v) is 4.49. The van der Waals surface area contributed by atoms with Crippen LogP contribution >= 0.6 is 0 Å². The molecule has 1 atom stereocenters. The second-order valence-electron chi connectivity index (χ2n) is 6.42. The van der Waals surface area contributed by atoms with E-state index >= 15 is 0 Å². The zero-order valence-electron chi connectivity index (χ0n) is 15.0. The van der Waals surface area contributed by atoms with Crippen LogP contribution in [0.3, 0.4) is 0 Å². The van der Waals surface area contributed by atoms with Gasteiger partial charge in [-0.15, -0.1) is 5.48 Å². The summed E-state index contributed by atoms with van der Waals surface area (Å²) in [6, 6.07) is 8.73. The quantitative estimate of drug-likeness (QED) is 0.467. The number of aliphatic carboxylic acids is 1. The average Bonchev–Trinajstić information content (AvgIpc) is 3.32. The van der Waals surface area contributed by atoms with Gasteiger partial charge in [0.2, 0.25) is 0 Å². The highest BCUT2D eigenvalue weighted by Gasteiger charge is 2.26. The molecule has 7 heteroatoms. The fraction of sp³-hybridized carbons (Fsp3) is 0.0952. The molecule has 0 amide bonds. The van der Waals surface area contributed by atoms with E-state index in [4.69, 9.17) is 9.94 Å². The molecule has 28 heavy (non-hydrogen) atoms. The number of aromatic nitrogens is 2. The van der Waals surface area contributed by atoms with Gasteiger partial charge in [0.25, 0.3) is 0 Å². The molecule has 1 aliphatic heterocycles. The van der Waals surface area contributed by atoms with Crippen LogP contribution in [0.1, 0.15) is 22.8 Å². The van der Waals surface area contributed by atoms with Crippen LogP contribution in [0.15, 0.2) is 60.6 Å². The molecule has 0 spiro atoms. The minimum Gasteiger partial charge on any atom is -0.478 e. The van der Waals surface area contributed by atoms with Gasteiger partial charge in [0.05, 0.1) is 0 Å². The fourth-order valence-electron chi connectivity index (χ4n) is 3.22. The zero-order chi connectivity index (χ0) is 19.7. The predicted molar refractivity (Wildman–Crippen MR) is 104 cm³/mol. The summed E-state index contributed by atoms with van der Waals surface area (Å²) in [6.45, 7) is 1.78. The highest BCUT2D eigenvalue weighted by Crippen LogP contribution is 2.31. The average molecular weight is 375 g/mol. The van der Waals surface area contributed by atoms with Gasteiger partial charge in [-0.25, -0.2) is 9.78 Å². The number of nitrogens with one attached hydrogen (secondary N) is 2. The van der Waals surface area contributed by atoms with Crippen molar-refractivity contribution in [2.45, 2.75) is 13.0 Å². The molecule has 0 bridgehead atoms. The first kappa shape index (κ1) is 17.7. The molecule has 0 aliphatic carbocycles. The van der Waals surface area contributed by atoms with Gasteiger partial charge in [-0.3, -0.25) is 4.79 Å². The number of H-pyrrole nitrogens is 1. The minimum atomic E-state index is -1.01. The second kappa shape index (κ2) is 7.13. The number of hydrogen-bond acceptors (Lipinski definition) is 5. The van der Waals surface area contributed by atoms with Crippen molar-refractivity contribution < 1.29 is 19.5 Å². The molecule has 1 unspecified atom stereocenters. The van der Waals surface area contributed by atoms with E-state index in [-0.39, 0.29) is 5.78 Å². The summed E-state index contributed by atoms with van der Waals surface area (Å²) in [5.74, 6) is -0.487. The van der Waals surface area contributed by atoms with Crippen LogP contribution in [0.25, 0.3) is 28.2 Å². The molecule has 1 aromatic carbocycles. The zero-order valence-corrected chi connectivity index (χ0v) is 15.0. The number of benzene rings is 1. The largest absolute Gasteiger partial charge is 0.478 e. The van der Waals surface area contributed by atoms with Crippen LogP contribution in [-0.4, -0.2) is 32.9 Å². The van der Waals surface area contributed by atoms with Crippen molar-refractivity contribution in [2.24, 2.45) is 0 Å². The molecule has 2 aromatic heterocycles. The highest BCUT2D eigenvalue weighted by atomic mass is 16.7. The van der Waals surface area contributed by atoms with E-state index in [1.54, 1.807) is 25.4 Å². The summed E-state index contributed by atoms with van der Waals surface area (Å²) in [7, 11) is 0. The summed E-state index contributed by atoms with van der Waals surface area (Å²) in [6.07, 6.45) is 7.67. The number of allylic oxidation sites excluding steroid dienone is 1. The van der Waals surface area contributed by atoms with Crippen molar-refractivity contribution in [1.29, 1.82) is 0 Å². The Bertz CT molecular complexity index is 1140. The smallest absolute Gasteiger partial charge is 0.328 e. The number of Topliss-reactive ketones (excluding diaryl/α,β-unsaturated/α-hetero) is 1. The Morgan fingerprint density at radius 1 is 1.29 bits per heavy atom. The maximum absolute atomic E-state index is 13.0. The summed E-state index contributed by atoms with van der Waals surface area (Å²) in [4.78, 5) is 36.3. The second-order valence-corrected chi connectivity index (χ2v) is 6.42. The predicted octanol–water partition coefficient (Wildman–Crippen LogP) is 3.32. The first-order valence-corrected chi connectivity index (χ1v) is 8.65. The topological polar surface area (TPSA) is 104 Å². The number of pyridine rings is 1. The van der Waals surface area contributed by atoms with E-state index in [0.717, 1.165) is 22.8 Å². The van der Waals surface area contributed by atoms with Crippen LogP contribution in [0.4, 0.5) is 0 Å². The van der Waals surface area contributed by atoms with Gasteiger partial charge in [0.1, 0.15) is 17.4 Å². The van der Waals surface area contributed by atoms with Crippen molar-refractivity contribution in [3.63, 3.8) is 0 Å². The Labute approximate surface area is 160 Å². The van der Waals surface area contributed by atoms with Crippen molar-refractivity contribution in [3.05, 3.63) is 71.8 Å². The van der Waals surface area contributed by atoms with Crippen molar-refractivity contribution >= 4 is 28.9 Å². The monoisotopic (exact) mass is 375 g/mol. The highest BCUT2D eigenvalue weighted by molar-refractivity contribution is 6.14. The lowest BCUT2D eigenvalue weighted by Crippen LogP contribution is -2.30. The first-order valence-electron chi connectivity index (χ1n) is 8.65. The lowest BCUT2D eigenvalue weighted by Gasteiger charge is -2.09. The van der Waals surface area contributed by atoms with Crippen LogP contribution < -0.4 is 5.48 Å². The molecular weight excluding hydrogens is 358 g/mol. The van der Waals surface area contributed by atoms with Crippen molar-refractivity contribution in [2.75, 3.05) is 0 Å². The summed E-state index contributed by atoms with van der Waals surface area (Å²) >= 11 is 0. The Morgan fingerprint density at radius 2 is 2.14 bits per heavy atom. The van der Waals surface area contributed by atoms with Gasteiger partial charge < -0.3 is 14.9 Å². The molecule has 0 fully saturated rings. The number of ketones is 1. The Hall–Kier alpha value is -3.71. The number of aromatic amines is 1. The number of carboxylic acids is 1. The number of carboxylic acid groups (broad SMARTS) is 1. The van der Waals surface area contributed by atoms with Crippen LogP contribution in [-0.2, 0) is 9.63 Å². The molecule has 4 rings (SSSR count). The summed E-state index contributed by atoms with van der Waals surface area (Å²) in [5, 5.41) is 9.55. The standard InChI is InChI=1S/C21H17N3O4/c1-12-9-17(24-28-12)20(27)16-11-23-21-19(16)15(7-8-22-21)14-4-2-3-13(10-14)5-6-18(25)26/h2-11,17,24H,1H3,(H,22,23)(H,25,26)/b6-5+. The third kappa shape index (κ3) is 3.30. The molecule has 140 valence electrons. The van der Waals surface area contributed by atoms with Gasteiger partial charge in [0, 0.05) is 29.4 Å². The lowest BCUT2D eigenvalue weighted by molar-refractivity contribution is -0.131. The number of carbonyl (C=O) groups excluding carboxylic acids is 1. The van der Waals surface area contributed by atoms with Gasteiger partial charge in [-0.2, -0.15) is 0 Å². The van der Waals surface area contributed by atoms with E-state index in [0.29, 0.717) is 22.4 Å². The van der Waals surface area contributed by atoms with Crippen molar-refractivity contribution in [1.82, 2.24) is 15.4 Å². The normalized spacial score (nSPS) is 16.3. The fourth-order valence-corrected chi connectivity index (χ4v) is 3.22. The minimum absolute atomic E-state index is 0.126. The first-order chi connectivity index (χ1) is 13.5. The van der Waals surface area contributed by atoms with E-state index in [1.807, 2.05) is 30.3 Å². The molecule has 7 nitrogen and oxygen atoms in total. The number of hydroxylamine groups is 1. The lowest BCUT2D eigenvalue weighted by atomic mass is 9.96. The molecule has 0 saturated heterocycles. The third-order valence-electron chi connectivity index (χ3n) is 4.49. The van der Waals surface area contributed by atoms with Crippen LogP contribution in [0, 0.1) is 0 Å². The number of hydrogen-bond donors (Lipinski definition) is 3. The van der Waals surface area contributed by atoms with Crippen molar-refractivity contribution in [3.8, 4) is 11.1 Å². The summed E-state index contributed by atoms with van der Waals surface area (Å²) in [5.41, 5.74) is 6.27. The van der Waals surface area contributed by atoms with Gasteiger partial charge >= 0.3 is 5.97 Å². The van der Waals surface area contributed by atoms with Crippen LogP contribution in [0.2, 0.25) is 0 Å². The summed E-state index contributed by atoms with van der Waals surface area (Å²) < 4.78 is 0. The maximum Gasteiger partial charge on any atom is 0.328 e. The van der Waals surface area contributed by atoms with Crippen LogP contribution in [0.5, 0.6) is 0 Å². The SMILES string of the molecule is CC1=CC(C(=O)c2c[nH]c3nccc(-c4cccc(/C=C/C(=O)O)c4)c23)NO1. The van der Waals surface area contributed by atoms with E-state index < -0.39 is 12.0 Å². The maximum atomic E-state index is 13.0. The number of nitrogens with zero attached hydrogens (tertiary/aromatic N) is 1. The molecule has 1 aliphatic rings. The number of carbonyl (C=O) groups is 2. The van der Waals surface area contributed by atoms with E-state index in [1.165, 1.54) is 6.08 Å².